The molecule has 1 aromatic rings. The monoisotopic (exact) mass is 280 g/mol. The van der Waals surface area contributed by atoms with Crippen LogP contribution in [-0.2, 0) is 14.2 Å². The molecule has 110 valence electrons. The second-order valence-corrected chi connectivity index (χ2v) is 5.89. The highest BCUT2D eigenvalue weighted by Gasteiger charge is 2.49. The van der Waals surface area contributed by atoms with Gasteiger partial charge < -0.3 is 19.3 Å². The number of carbonyl (C=O) groups excluding carboxylic acids is 1. The predicted octanol–water partition coefficient (Wildman–Crippen LogP) is 2.78. The first-order valence-electron chi connectivity index (χ1n) is 6.44. The lowest BCUT2D eigenvalue weighted by molar-refractivity contribution is -0.0896. The quantitative estimate of drug-likeness (QED) is 0.844. The van der Waals surface area contributed by atoms with Crippen LogP contribution in [0.4, 0.5) is 0 Å². The number of ether oxygens (including phenoxy) is 3. The Bertz CT molecular complexity index is 517. The first kappa shape index (κ1) is 14.8. The van der Waals surface area contributed by atoms with Gasteiger partial charge in [0.05, 0.1) is 23.9 Å². The van der Waals surface area contributed by atoms with Gasteiger partial charge in [0.25, 0.3) is 0 Å². The molecule has 20 heavy (non-hydrogen) atoms. The van der Waals surface area contributed by atoms with Crippen molar-refractivity contribution in [3.63, 3.8) is 0 Å². The molecule has 0 bridgehead atoms. The molecule has 1 N–H and O–H groups in total. The van der Waals surface area contributed by atoms with Crippen LogP contribution in [-0.4, -0.2) is 29.4 Å². The minimum absolute atomic E-state index is 0.0300. The zero-order chi connectivity index (χ0) is 15.1. The van der Waals surface area contributed by atoms with E-state index in [4.69, 9.17) is 9.47 Å². The number of phenols is 1. The second-order valence-electron chi connectivity index (χ2n) is 5.89. The molecule has 0 saturated carbocycles. The average molecular weight is 280 g/mol. The molecule has 1 heterocycles. The van der Waals surface area contributed by atoms with Crippen LogP contribution in [0.25, 0.3) is 0 Å². The molecule has 1 saturated heterocycles. The van der Waals surface area contributed by atoms with Crippen molar-refractivity contribution in [1.29, 1.82) is 0 Å². The normalized spacial score (nSPS) is 20.9. The van der Waals surface area contributed by atoms with E-state index in [9.17, 15) is 9.90 Å². The van der Waals surface area contributed by atoms with Crippen molar-refractivity contribution in [2.24, 2.45) is 0 Å². The van der Waals surface area contributed by atoms with Crippen LogP contribution in [0.5, 0.6) is 5.75 Å². The molecule has 5 heteroatoms. The lowest BCUT2D eigenvalue weighted by Crippen LogP contribution is -2.41. The van der Waals surface area contributed by atoms with Gasteiger partial charge in [0.1, 0.15) is 5.75 Å². The van der Waals surface area contributed by atoms with Gasteiger partial charge in [-0.3, -0.25) is 0 Å². The Morgan fingerprint density at radius 1 is 1.15 bits per heavy atom. The zero-order valence-corrected chi connectivity index (χ0v) is 12.4. The summed E-state index contributed by atoms with van der Waals surface area (Å²) in [5, 5.41) is 9.74. The number of esters is 1. The third-order valence-corrected chi connectivity index (χ3v) is 3.89. The van der Waals surface area contributed by atoms with Crippen LogP contribution >= 0.6 is 0 Å². The summed E-state index contributed by atoms with van der Waals surface area (Å²) in [7, 11) is 1.29. The molecule has 0 aromatic heterocycles. The van der Waals surface area contributed by atoms with Crippen molar-refractivity contribution in [3.05, 3.63) is 29.3 Å². The Kier molecular flexibility index (Phi) is 3.52. The van der Waals surface area contributed by atoms with Gasteiger partial charge in [-0.2, -0.15) is 0 Å². The van der Waals surface area contributed by atoms with Gasteiger partial charge in [0.15, 0.2) is 6.29 Å². The molecule has 0 atom stereocenters. The van der Waals surface area contributed by atoms with Crippen LogP contribution < -0.4 is 0 Å². The fourth-order valence-corrected chi connectivity index (χ4v) is 1.99. The summed E-state index contributed by atoms with van der Waals surface area (Å²) >= 11 is 0. The largest absolute Gasteiger partial charge is 0.508 e. The highest BCUT2D eigenvalue weighted by Crippen LogP contribution is 2.45. The van der Waals surface area contributed by atoms with Gasteiger partial charge in [0, 0.05) is 5.56 Å². The number of hydrogen-bond acceptors (Lipinski definition) is 5. The Hall–Kier alpha value is -1.59. The number of aromatic hydroxyl groups is 1. The Morgan fingerprint density at radius 2 is 1.70 bits per heavy atom. The number of benzene rings is 1. The summed E-state index contributed by atoms with van der Waals surface area (Å²) in [6.45, 7) is 7.77. The molecular weight excluding hydrogens is 260 g/mol. The molecule has 0 amide bonds. The van der Waals surface area contributed by atoms with Crippen molar-refractivity contribution in [1.82, 2.24) is 0 Å². The summed E-state index contributed by atoms with van der Waals surface area (Å²) in [6, 6.07) is 4.48. The Labute approximate surface area is 118 Å². The summed E-state index contributed by atoms with van der Waals surface area (Å²) in [6.07, 6.45) is -0.629. The van der Waals surface area contributed by atoms with E-state index in [-0.39, 0.29) is 11.3 Å². The smallest absolute Gasteiger partial charge is 0.337 e. The van der Waals surface area contributed by atoms with Crippen LogP contribution in [0.15, 0.2) is 18.2 Å². The Morgan fingerprint density at radius 3 is 2.20 bits per heavy atom. The van der Waals surface area contributed by atoms with E-state index in [0.717, 1.165) is 0 Å². The highest BCUT2D eigenvalue weighted by molar-refractivity contribution is 5.90. The van der Waals surface area contributed by atoms with Crippen LogP contribution in [0.3, 0.4) is 0 Å². The van der Waals surface area contributed by atoms with E-state index < -0.39 is 23.5 Å². The van der Waals surface area contributed by atoms with Gasteiger partial charge >= 0.3 is 5.97 Å². The van der Waals surface area contributed by atoms with E-state index in [1.54, 1.807) is 6.07 Å². The molecule has 1 aliphatic heterocycles. The molecule has 5 nitrogen and oxygen atoms in total. The maximum atomic E-state index is 11.6. The van der Waals surface area contributed by atoms with E-state index in [1.807, 2.05) is 27.7 Å². The van der Waals surface area contributed by atoms with Crippen LogP contribution in [0.1, 0.15) is 49.9 Å². The van der Waals surface area contributed by atoms with E-state index in [2.05, 4.69) is 4.74 Å². The van der Waals surface area contributed by atoms with Crippen molar-refractivity contribution in [2.75, 3.05) is 7.11 Å². The minimum Gasteiger partial charge on any atom is -0.508 e. The molecule has 0 aliphatic carbocycles. The lowest BCUT2D eigenvalue weighted by Gasteiger charge is -2.30. The first-order valence-corrected chi connectivity index (χ1v) is 6.44. The number of methoxy groups -OCH3 is 1. The fraction of sp³-hybridized carbons (Fsp3) is 0.533. The van der Waals surface area contributed by atoms with E-state index in [0.29, 0.717) is 5.56 Å². The number of carbonyl (C=O) groups is 1. The van der Waals surface area contributed by atoms with Gasteiger partial charge in [-0.15, -0.1) is 0 Å². The summed E-state index contributed by atoms with van der Waals surface area (Å²) in [5.74, 6) is -0.545. The zero-order valence-electron chi connectivity index (χ0n) is 12.4. The maximum Gasteiger partial charge on any atom is 0.337 e. The predicted molar refractivity (Wildman–Crippen MR) is 72.5 cm³/mol. The molecule has 1 fully saturated rings. The maximum absolute atomic E-state index is 11.6. The summed E-state index contributed by atoms with van der Waals surface area (Å²) < 4.78 is 16.4. The van der Waals surface area contributed by atoms with Crippen molar-refractivity contribution in [2.45, 2.75) is 45.2 Å². The third kappa shape index (κ3) is 2.51. The summed E-state index contributed by atoms with van der Waals surface area (Å²) in [5.41, 5.74) is -0.107. The standard InChI is InChI=1S/C15H20O5/c1-14(2)15(3,4)20-13(19-14)10-6-9(12(17)18-5)7-11(16)8-10/h6-8,13,16H,1-5H3. The second kappa shape index (κ2) is 4.75. The molecule has 0 unspecified atom stereocenters. The molecule has 1 aliphatic rings. The van der Waals surface area contributed by atoms with Gasteiger partial charge in [-0.1, -0.05) is 0 Å². The van der Waals surface area contributed by atoms with E-state index >= 15 is 0 Å². The van der Waals surface area contributed by atoms with Crippen molar-refractivity contribution >= 4 is 5.97 Å². The topological polar surface area (TPSA) is 65.0 Å². The van der Waals surface area contributed by atoms with E-state index in [1.165, 1.54) is 19.2 Å². The number of phenolic OH excluding ortho intramolecular Hbond substituents is 1. The SMILES string of the molecule is COC(=O)c1cc(O)cc(C2OC(C)(C)C(C)(C)O2)c1. The van der Waals surface area contributed by atoms with Crippen molar-refractivity contribution < 1.29 is 24.1 Å². The number of hydrogen-bond donors (Lipinski definition) is 1. The number of rotatable bonds is 2. The van der Waals surface area contributed by atoms with Gasteiger partial charge in [-0.25, -0.2) is 4.79 Å². The van der Waals surface area contributed by atoms with Crippen molar-refractivity contribution in [3.8, 4) is 5.75 Å². The molecule has 0 spiro atoms. The first-order chi connectivity index (χ1) is 9.16. The molecule has 1 aromatic carbocycles. The summed E-state index contributed by atoms with van der Waals surface area (Å²) in [4.78, 5) is 11.6. The highest BCUT2D eigenvalue weighted by atomic mass is 16.7. The molecule has 0 radical (unpaired) electrons. The lowest BCUT2D eigenvalue weighted by atomic mass is 9.90. The van der Waals surface area contributed by atoms with Crippen LogP contribution in [0, 0.1) is 0 Å². The van der Waals surface area contributed by atoms with Gasteiger partial charge in [0.2, 0.25) is 0 Å². The van der Waals surface area contributed by atoms with Gasteiger partial charge in [-0.05, 0) is 45.9 Å². The fourth-order valence-electron chi connectivity index (χ4n) is 1.99. The molecular formula is C15H20O5. The van der Waals surface area contributed by atoms with Crippen LogP contribution in [0.2, 0.25) is 0 Å². The molecule has 2 rings (SSSR count). The average Bonchev–Trinajstić information content (AvgIpc) is 2.57. The minimum atomic E-state index is -0.629. The Balaban J connectivity index is 2.35. The third-order valence-electron chi connectivity index (χ3n) is 3.89.